The number of nitrogens with zero attached hydrogens (tertiary/aromatic N) is 1. The van der Waals surface area contributed by atoms with E-state index in [9.17, 15) is 0 Å². The van der Waals surface area contributed by atoms with Crippen molar-refractivity contribution in [1.29, 1.82) is 5.26 Å². The Balaban J connectivity index is 2.48. The van der Waals surface area contributed by atoms with Crippen molar-refractivity contribution in [2.24, 2.45) is 0 Å². The Bertz CT molecular complexity index is 767. The molecule has 0 atom stereocenters. The van der Waals surface area contributed by atoms with E-state index in [-0.39, 0.29) is 0 Å². The van der Waals surface area contributed by atoms with Crippen molar-refractivity contribution >= 4 is 27.2 Å². The van der Waals surface area contributed by atoms with E-state index in [1.54, 1.807) is 6.07 Å². The molecule has 0 aromatic heterocycles. The van der Waals surface area contributed by atoms with Crippen LogP contribution in [0.15, 0.2) is 48.5 Å². The highest BCUT2D eigenvalue weighted by molar-refractivity contribution is 6.03. The number of rotatable bonds is 0. The average Bonchev–Trinajstić information content (AvgIpc) is 2.36. The van der Waals surface area contributed by atoms with E-state index in [0.717, 1.165) is 21.5 Å². The summed E-state index contributed by atoms with van der Waals surface area (Å²) in [6.45, 7) is 0. The highest BCUT2D eigenvalue weighted by Crippen LogP contribution is 2.28. The minimum Gasteiger partial charge on any atom is -0.398 e. The quantitative estimate of drug-likeness (QED) is 0.464. The standard InChI is InChI=1S/C15H10N2/c16-9-10-5-13-7-11-3-1-2-4-12(11)8-14(13)15(17)6-10/h1-8H,17H2. The Kier molecular flexibility index (Phi) is 1.99. The number of hydrogen-bond acceptors (Lipinski definition) is 2. The topological polar surface area (TPSA) is 49.8 Å². The number of nitriles is 1. The van der Waals surface area contributed by atoms with Gasteiger partial charge in [-0.25, -0.2) is 0 Å². The lowest BCUT2D eigenvalue weighted by Crippen LogP contribution is -1.89. The molecule has 0 amide bonds. The Hall–Kier alpha value is -2.53. The van der Waals surface area contributed by atoms with Gasteiger partial charge in [-0.3, -0.25) is 0 Å². The van der Waals surface area contributed by atoms with Gasteiger partial charge in [-0.2, -0.15) is 5.26 Å². The molecule has 0 unspecified atom stereocenters. The summed E-state index contributed by atoms with van der Waals surface area (Å²) in [4.78, 5) is 0. The van der Waals surface area contributed by atoms with Gasteiger partial charge in [0.15, 0.2) is 0 Å². The lowest BCUT2D eigenvalue weighted by Gasteiger charge is -2.05. The van der Waals surface area contributed by atoms with Crippen LogP contribution in [0.5, 0.6) is 0 Å². The molecule has 0 spiro atoms. The van der Waals surface area contributed by atoms with Crippen molar-refractivity contribution < 1.29 is 0 Å². The number of nitrogen functional groups attached to an aromatic ring is 1. The molecule has 17 heavy (non-hydrogen) atoms. The maximum absolute atomic E-state index is 8.93. The zero-order valence-electron chi connectivity index (χ0n) is 9.14. The largest absolute Gasteiger partial charge is 0.398 e. The van der Waals surface area contributed by atoms with Gasteiger partial charge in [0.05, 0.1) is 11.6 Å². The van der Waals surface area contributed by atoms with Gasteiger partial charge in [0.1, 0.15) is 0 Å². The second-order valence-electron chi connectivity index (χ2n) is 4.10. The van der Waals surface area contributed by atoms with Crippen LogP contribution in [0.3, 0.4) is 0 Å². The zero-order valence-corrected chi connectivity index (χ0v) is 9.14. The lowest BCUT2D eigenvalue weighted by atomic mass is 10.0. The van der Waals surface area contributed by atoms with Crippen molar-refractivity contribution in [3.8, 4) is 6.07 Å². The van der Waals surface area contributed by atoms with E-state index >= 15 is 0 Å². The first-order chi connectivity index (χ1) is 8.28. The number of fused-ring (bicyclic) bond motifs is 2. The van der Waals surface area contributed by atoms with E-state index in [2.05, 4.69) is 30.3 Å². The summed E-state index contributed by atoms with van der Waals surface area (Å²) in [5.74, 6) is 0. The van der Waals surface area contributed by atoms with Crippen molar-refractivity contribution in [1.82, 2.24) is 0 Å². The molecule has 0 aliphatic heterocycles. The molecule has 3 aromatic rings. The lowest BCUT2D eigenvalue weighted by molar-refractivity contribution is 1.50. The SMILES string of the molecule is N#Cc1cc(N)c2cc3ccccc3cc2c1. The van der Waals surface area contributed by atoms with Gasteiger partial charge in [-0.15, -0.1) is 0 Å². The van der Waals surface area contributed by atoms with E-state index in [1.165, 1.54) is 0 Å². The second kappa shape index (κ2) is 3.50. The molecule has 0 bridgehead atoms. The highest BCUT2D eigenvalue weighted by atomic mass is 14.6. The van der Waals surface area contributed by atoms with Gasteiger partial charge in [0, 0.05) is 11.1 Å². The molecule has 0 aliphatic carbocycles. The summed E-state index contributed by atoms with van der Waals surface area (Å²) in [6, 6.07) is 18.0. The molecule has 0 saturated carbocycles. The molecule has 0 saturated heterocycles. The first kappa shape index (κ1) is 9.68. The van der Waals surface area contributed by atoms with Gasteiger partial charge < -0.3 is 5.73 Å². The van der Waals surface area contributed by atoms with E-state index in [1.807, 2.05) is 18.2 Å². The zero-order chi connectivity index (χ0) is 11.8. The van der Waals surface area contributed by atoms with Crippen molar-refractivity contribution in [2.45, 2.75) is 0 Å². The Morgan fingerprint density at radius 3 is 2.29 bits per heavy atom. The third-order valence-electron chi connectivity index (χ3n) is 2.98. The van der Waals surface area contributed by atoms with Gasteiger partial charge >= 0.3 is 0 Å². The number of benzene rings is 3. The molecule has 2 N–H and O–H groups in total. The fraction of sp³-hybridized carbons (Fsp3) is 0. The van der Waals surface area contributed by atoms with Crippen LogP contribution < -0.4 is 5.73 Å². The van der Waals surface area contributed by atoms with Crippen LogP contribution in [-0.2, 0) is 0 Å². The molecular weight excluding hydrogens is 208 g/mol. The molecule has 0 radical (unpaired) electrons. The number of nitrogens with two attached hydrogens (primary N) is 1. The third kappa shape index (κ3) is 1.49. The molecule has 3 rings (SSSR count). The summed E-state index contributed by atoms with van der Waals surface area (Å²) >= 11 is 0. The molecular formula is C15H10N2. The number of hydrogen-bond donors (Lipinski definition) is 1. The minimum absolute atomic E-state index is 0.602. The molecule has 0 heterocycles. The van der Waals surface area contributed by atoms with Crippen LogP contribution in [0.25, 0.3) is 21.5 Å². The van der Waals surface area contributed by atoms with Gasteiger partial charge in [0.2, 0.25) is 0 Å². The van der Waals surface area contributed by atoms with Crippen LogP contribution in [0.1, 0.15) is 5.56 Å². The smallest absolute Gasteiger partial charge is 0.0992 e. The van der Waals surface area contributed by atoms with Gasteiger partial charge in [-0.05, 0) is 40.4 Å². The predicted octanol–water partition coefficient (Wildman–Crippen LogP) is 3.45. The highest BCUT2D eigenvalue weighted by Gasteiger charge is 2.03. The Morgan fingerprint density at radius 2 is 1.59 bits per heavy atom. The third-order valence-corrected chi connectivity index (χ3v) is 2.98. The molecule has 3 aromatic carbocycles. The maximum atomic E-state index is 8.93. The van der Waals surface area contributed by atoms with E-state index in [0.29, 0.717) is 11.3 Å². The Morgan fingerprint density at radius 1 is 0.882 bits per heavy atom. The summed E-state index contributed by atoms with van der Waals surface area (Å²) in [7, 11) is 0. The number of anilines is 1. The summed E-state index contributed by atoms with van der Waals surface area (Å²) < 4.78 is 0. The van der Waals surface area contributed by atoms with Gasteiger partial charge in [-0.1, -0.05) is 24.3 Å². The maximum Gasteiger partial charge on any atom is 0.0992 e. The minimum atomic E-state index is 0.602. The van der Waals surface area contributed by atoms with Crippen LogP contribution >= 0.6 is 0 Å². The van der Waals surface area contributed by atoms with E-state index in [4.69, 9.17) is 11.0 Å². The first-order valence-electron chi connectivity index (χ1n) is 5.40. The van der Waals surface area contributed by atoms with Crippen molar-refractivity contribution in [3.05, 3.63) is 54.1 Å². The second-order valence-corrected chi connectivity index (χ2v) is 4.10. The molecule has 2 heteroatoms. The Labute approximate surface area is 98.9 Å². The summed E-state index contributed by atoms with van der Waals surface area (Å²) in [6.07, 6.45) is 0. The van der Waals surface area contributed by atoms with Gasteiger partial charge in [0.25, 0.3) is 0 Å². The normalized spacial score (nSPS) is 10.5. The van der Waals surface area contributed by atoms with Crippen LogP contribution in [0.2, 0.25) is 0 Å². The average molecular weight is 218 g/mol. The van der Waals surface area contributed by atoms with Crippen molar-refractivity contribution in [3.63, 3.8) is 0 Å². The molecule has 2 nitrogen and oxygen atoms in total. The molecule has 0 aliphatic rings. The summed E-state index contributed by atoms with van der Waals surface area (Å²) in [5, 5.41) is 13.3. The molecule has 80 valence electrons. The van der Waals surface area contributed by atoms with E-state index < -0.39 is 0 Å². The fourth-order valence-electron chi connectivity index (χ4n) is 2.15. The van der Waals surface area contributed by atoms with Crippen LogP contribution in [0, 0.1) is 11.3 Å². The van der Waals surface area contributed by atoms with Crippen LogP contribution in [0.4, 0.5) is 5.69 Å². The van der Waals surface area contributed by atoms with Crippen molar-refractivity contribution in [2.75, 3.05) is 5.73 Å². The predicted molar refractivity (Wildman–Crippen MR) is 70.6 cm³/mol. The fourth-order valence-corrected chi connectivity index (χ4v) is 2.15. The monoisotopic (exact) mass is 218 g/mol. The van der Waals surface area contributed by atoms with Crippen LogP contribution in [-0.4, -0.2) is 0 Å². The summed E-state index contributed by atoms with van der Waals surface area (Å²) in [5.41, 5.74) is 7.23. The first-order valence-corrected chi connectivity index (χ1v) is 5.40. The molecule has 0 fully saturated rings.